The molecule has 3 aliphatic heterocycles. The maximum absolute atomic E-state index is 11.5. The standard InChI is InChI=1S/C21H35N5O2S/c1-17(27)25-7-3-18(4-8-25)26-9-5-21(28,6-10-26)19-16-29-20(22-19)15-24-13-11-23(2)12-14-24/h16,18,28H,3-15H2,1-2H3. The van der Waals surface area contributed by atoms with E-state index in [0.717, 1.165) is 95.3 Å². The molecule has 0 atom stereocenters. The first-order valence-corrected chi connectivity index (χ1v) is 11.9. The van der Waals surface area contributed by atoms with E-state index in [9.17, 15) is 9.90 Å². The van der Waals surface area contributed by atoms with E-state index in [0.29, 0.717) is 6.04 Å². The Morgan fingerprint density at radius 3 is 2.41 bits per heavy atom. The molecule has 29 heavy (non-hydrogen) atoms. The van der Waals surface area contributed by atoms with E-state index < -0.39 is 5.60 Å². The monoisotopic (exact) mass is 421 g/mol. The fourth-order valence-corrected chi connectivity index (χ4v) is 5.78. The van der Waals surface area contributed by atoms with Gasteiger partial charge in [-0.25, -0.2) is 4.98 Å². The number of aromatic nitrogens is 1. The van der Waals surface area contributed by atoms with Crippen molar-refractivity contribution in [3.63, 3.8) is 0 Å². The Balaban J connectivity index is 1.28. The Kier molecular flexibility index (Phi) is 6.56. The quantitative estimate of drug-likeness (QED) is 0.788. The Hall–Kier alpha value is -1.06. The van der Waals surface area contributed by atoms with Crippen LogP contribution in [0, 0.1) is 0 Å². The molecule has 0 unspecified atom stereocenters. The Bertz CT molecular complexity index is 687. The lowest BCUT2D eigenvalue weighted by atomic mass is 9.87. The van der Waals surface area contributed by atoms with Crippen LogP contribution in [0.2, 0.25) is 0 Å². The second kappa shape index (κ2) is 8.98. The first-order valence-electron chi connectivity index (χ1n) is 11.0. The van der Waals surface area contributed by atoms with Crippen LogP contribution in [0.4, 0.5) is 0 Å². The molecule has 0 spiro atoms. The average molecular weight is 422 g/mol. The van der Waals surface area contributed by atoms with Gasteiger partial charge in [-0.3, -0.25) is 9.69 Å². The molecule has 4 heterocycles. The van der Waals surface area contributed by atoms with E-state index in [1.54, 1.807) is 18.3 Å². The van der Waals surface area contributed by atoms with Gasteiger partial charge in [0.05, 0.1) is 12.2 Å². The number of aliphatic hydroxyl groups is 1. The lowest BCUT2D eigenvalue weighted by Crippen LogP contribution is -2.51. The summed E-state index contributed by atoms with van der Waals surface area (Å²) in [5.41, 5.74) is 0.0886. The van der Waals surface area contributed by atoms with Gasteiger partial charge in [-0.15, -0.1) is 11.3 Å². The van der Waals surface area contributed by atoms with Gasteiger partial charge in [0.2, 0.25) is 5.91 Å². The topological polar surface area (TPSA) is 63.2 Å². The SMILES string of the molecule is CC(=O)N1CCC(N2CCC(O)(c3csc(CN4CCN(C)CC4)n3)CC2)CC1. The van der Waals surface area contributed by atoms with E-state index in [1.165, 1.54) is 0 Å². The molecule has 4 rings (SSSR count). The molecule has 3 saturated heterocycles. The summed E-state index contributed by atoms with van der Waals surface area (Å²) in [6, 6.07) is 0.540. The average Bonchev–Trinajstić information content (AvgIpc) is 3.20. The third-order valence-electron chi connectivity index (χ3n) is 7.03. The number of rotatable bonds is 4. The number of carbonyl (C=O) groups excluding carboxylic acids is 1. The zero-order chi connectivity index (χ0) is 20.4. The second-order valence-corrected chi connectivity index (χ2v) is 9.95. The molecular formula is C21H35N5O2S. The van der Waals surface area contributed by atoms with E-state index in [1.807, 2.05) is 4.90 Å². The van der Waals surface area contributed by atoms with Crippen molar-refractivity contribution in [2.45, 2.75) is 50.8 Å². The van der Waals surface area contributed by atoms with Crippen molar-refractivity contribution in [3.05, 3.63) is 16.1 Å². The van der Waals surface area contributed by atoms with E-state index in [-0.39, 0.29) is 5.91 Å². The van der Waals surface area contributed by atoms with Crippen molar-refractivity contribution < 1.29 is 9.90 Å². The molecule has 0 aliphatic carbocycles. The lowest BCUT2D eigenvalue weighted by Gasteiger charge is -2.43. The highest BCUT2D eigenvalue weighted by Crippen LogP contribution is 2.35. The Morgan fingerprint density at radius 1 is 1.14 bits per heavy atom. The van der Waals surface area contributed by atoms with Gasteiger partial charge in [0, 0.05) is 70.7 Å². The minimum absolute atomic E-state index is 0.187. The predicted octanol–water partition coefficient (Wildman–Crippen LogP) is 1.18. The van der Waals surface area contributed by atoms with Gasteiger partial charge in [0.25, 0.3) is 0 Å². The largest absolute Gasteiger partial charge is 0.383 e. The van der Waals surface area contributed by atoms with E-state index in [4.69, 9.17) is 4.98 Å². The van der Waals surface area contributed by atoms with Crippen LogP contribution in [0.5, 0.6) is 0 Å². The van der Waals surface area contributed by atoms with Crippen molar-refractivity contribution in [1.29, 1.82) is 0 Å². The highest BCUT2D eigenvalue weighted by atomic mass is 32.1. The summed E-state index contributed by atoms with van der Waals surface area (Å²) in [6.45, 7) is 10.5. The van der Waals surface area contributed by atoms with Gasteiger partial charge in [-0.05, 0) is 32.7 Å². The van der Waals surface area contributed by atoms with Crippen molar-refractivity contribution in [2.75, 3.05) is 59.4 Å². The normalized spacial score (nSPS) is 25.4. The van der Waals surface area contributed by atoms with Crippen LogP contribution in [0.3, 0.4) is 0 Å². The maximum Gasteiger partial charge on any atom is 0.219 e. The Labute approximate surface area is 178 Å². The third-order valence-corrected chi connectivity index (χ3v) is 7.87. The number of carbonyl (C=O) groups is 1. The number of nitrogens with zero attached hydrogens (tertiary/aromatic N) is 5. The van der Waals surface area contributed by atoms with Crippen LogP contribution in [-0.4, -0.2) is 101 Å². The number of likely N-dealkylation sites (N-methyl/N-ethyl adjacent to an activating group) is 1. The minimum atomic E-state index is -0.784. The number of piperidine rings is 2. The molecule has 0 radical (unpaired) electrons. The van der Waals surface area contributed by atoms with Crippen LogP contribution < -0.4 is 0 Å². The van der Waals surface area contributed by atoms with Crippen LogP contribution >= 0.6 is 11.3 Å². The number of hydrogen-bond donors (Lipinski definition) is 1. The number of piperazine rings is 1. The number of hydrogen-bond acceptors (Lipinski definition) is 7. The number of amides is 1. The molecule has 1 aromatic rings. The maximum atomic E-state index is 11.5. The summed E-state index contributed by atoms with van der Waals surface area (Å²) < 4.78 is 0. The van der Waals surface area contributed by atoms with Gasteiger partial charge in [-0.1, -0.05) is 0 Å². The zero-order valence-electron chi connectivity index (χ0n) is 17.8. The molecule has 0 saturated carbocycles. The van der Waals surface area contributed by atoms with Gasteiger partial charge >= 0.3 is 0 Å². The van der Waals surface area contributed by atoms with Crippen molar-refractivity contribution in [2.24, 2.45) is 0 Å². The molecule has 1 aromatic heterocycles. The van der Waals surface area contributed by atoms with Crippen molar-refractivity contribution >= 4 is 17.2 Å². The van der Waals surface area contributed by atoms with Gasteiger partial charge in [-0.2, -0.15) is 0 Å². The fourth-order valence-electron chi connectivity index (χ4n) is 4.86. The first-order chi connectivity index (χ1) is 13.9. The summed E-state index contributed by atoms with van der Waals surface area (Å²) in [5.74, 6) is 0.187. The molecule has 1 amide bonds. The fraction of sp³-hybridized carbons (Fsp3) is 0.810. The lowest BCUT2D eigenvalue weighted by molar-refractivity contribution is -0.130. The van der Waals surface area contributed by atoms with Crippen molar-refractivity contribution in [1.82, 2.24) is 24.6 Å². The summed E-state index contributed by atoms with van der Waals surface area (Å²) in [6.07, 6.45) is 3.59. The van der Waals surface area contributed by atoms with Crippen LogP contribution in [0.25, 0.3) is 0 Å². The molecule has 8 heteroatoms. The summed E-state index contributed by atoms with van der Waals surface area (Å²) in [4.78, 5) is 25.7. The minimum Gasteiger partial charge on any atom is -0.383 e. The molecule has 162 valence electrons. The number of likely N-dealkylation sites (tertiary alicyclic amines) is 2. The van der Waals surface area contributed by atoms with E-state index in [2.05, 4.69) is 27.1 Å². The summed E-state index contributed by atoms with van der Waals surface area (Å²) in [7, 11) is 2.17. The number of thiazole rings is 1. The van der Waals surface area contributed by atoms with Crippen molar-refractivity contribution in [3.8, 4) is 0 Å². The summed E-state index contributed by atoms with van der Waals surface area (Å²) in [5, 5.41) is 14.5. The van der Waals surface area contributed by atoms with Gasteiger partial charge in [0.1, 0.15) is 10.6 Å². The van der Waals surface area contributed by atoms with Crippen LogP contribution in [-0.2, 0) is 16.9 Å². The summed E-state index contributed by atoms with van der Waals surface area (Å²) >= 11 is 1.69. The van der Waals surface area contributed by atoms with Gasteiger partial charge in [0.15, 0.2) is 0 Å². The molecule has 0 aromatic carbocycles. The molecule has 3 aliphatic rings. The molecule has 3 fully saturated rings. The molecule has 1 N–H and O–H groups in total. The predicted molar refractivity (Wildman–Crippen MR) is 115 cm³/mol. The first kappa shape index (κ1) is 21.2. The molecule has 0 bridgehead atoms. The highest BCUT2D eigenvalue weighted by Gasteiger charge is 2.38. The third kappa shape index (κ3) is 4.99. The van der Waals surface area contributed by atoms with Crippen LogP contribution in [0.15, 0.2) is 5.38 Å². The zero-order valence-corrected chi connectivity index (χ0v) is 18.7. The van der Waals surface area contributed by atoms with Gasteiger partial charge < -0.3 is 19.8 Å². The van der Waals surface area contributed by atoms with E-state index >= 15 is 0 Å². The highest BCUT2D eigenvalue weighted by molar-refractivity contribution is 7.09. The molecule has 7 nitrogen and oxygen atoms in total. The Morgan fingerprint density at radius 2 is 1.79 bits per heavy atom. The second-order valence-electron chi connectivity index (χ2n) is 9.01. The molecular weight excluding hydrogens is 386 g/mol. The van der Waals surface area contributed by atoms with Crippen LogP contribution in [0.1, 0.15) is 43.3 Å². The smallest absolute Gasteiger partial charge is 0.219 e.